The second kappa shape index (κ2) is 15.8. The lowest BCUT2D eigenvalue weighted by Crippen LogP contribution is -2.41. The van der Waals surface area contributed by atoms with E-state index in [0.717, 1.165) is 36.6 Å². The quantitative estimate of drug-likeness (QED) is 0.239. The molecule has 1 saturated heterocycles. The zero-order valence-electron chi connectivity index (χ0n) is 23.5. The lowest BCUT2D eigenvalue weighted by Gasteiger charge is -2.32. The van der Waals surface area contributed by atoms with Crippen molar-refractivity contribution in [2.45, 2.75) is 31.3 Å². The van der Waals surface area contributed by atoms with Crippen LogP contribution in [0.3, 0.4) is 0 Å². The summed E-state index contributed by atoms with van der Waals surface area (Å²) in [6.07, 6.45) is 1.27. The molecule has 2 N–H and O–H groups in total. The van der Waals surface area contributed by atoms with Crippen LogP contribution in [-0.2, 0) is 11.2 Å². The fourth-order valence-corrected chi connectivity index (χ4v) is 4.78. The number of nitrogens with zero attached hydrogens (tertiary/aromatic N) is 1. The van der Waals surface area contributed by atoms with Crippen LogP contribution >= 0.6 is 0 Å². The highest BCUT2D eigenvalue weighted by Crippen LogP contribution is 2.29. The molecule has 1 heterocycles. The van der Waals surface area contributed by atoms with E-state index in [0.29, 0.717) is 45.8 Å². The van der Waals surface area contributed by atoms with Gasteiger partial charge in [0, 0.05) is 32.5 Å². The summed E-state index contributed by atoms with van der Waals surface area (Å²) in [5.41, 5.74) is 2.18. The third kappa shape index (κ3) is 9.37. The largest absolute Gasteiger partial charge is 0.493 e. The predicted molar refractivity (Wildman–Crippen MR) is 155 cm³/mol. The zero-order valence-corrected chi connectivity index (χ0v) is 23.5. The van der Waals surface area contributed by atoms with Crippen molar-refractivity contribution in [1.29, 1.82) is 0 Å². The number of para-hydroxylation sites is 2. The first-order chi connectivity index (χ1) is 20.0. The average molecular weight is 567 g/mol. The lowest BCUT2D eigenvalue weighted by atomic mass is 9.88. The zero-order chi connectivity index (χ0) is 28.9. The molecule has 1 amide bonds. The Morgan fingerprint density at radius 1 is 0.927 bits per heavy atom. The Morgan fingerprint density at radius 3 is 2.41 bits per heavy atom. The molecular weight excluding hydrogens is 527 g/mol. The maximum Gasteiger partial charge on any atom is 0.407 e. The van der Waals surface area contributed by atoms with E-state index in [1.54, 1.807) is 25.2 Å². The number of amides is 1. The van der Waals surface area contributed by atoms with Gasteiger partial charge in [-0.15, -0.1) is 0 Å². The van der Waals surface area contributed by atoms with Crippen molar-refractivity contribution in [3.63, 3.8) is 0 Å². The molecule has 3 aromatic rings. The molecule has 8 nitrogen and oxygen atoms in total. The molecule has 0 aliphatic carbocycles. The number of likely N-dealkylation sites (N-methyl/N-ethyl adjacent to an activating group) is 1. The first-order valence-corrected chi connectivity index (χ1v) is 14.1. The van der Waals surface area contributed by atoms with Gasteiger partial charge >= 0.3 is 6.09 Å². The van der Waals surface area contributed by atoms with E-state index in [4.69, 9.17) is 24.1 Å². The van der Waals surface area contributed by atoms with Gasteiger partial charge in [-0.3, -0.25) is 0 Å². The van der Waals surface area contributed by atoms with E-state index >= 15 is 0 Å². The summed E-state index contributed by atoms with van der Waals surface area (Å²) in [4.78, 5) is 12.3. The molecule has 1 aliphatic rings. The molecular formula is C32H39FN2O6. The molecule has 2 unspecified atom stereocenters. The van der Waals surface area contributed by atoms with Crippen molar-refractivity contribution >= 4 is 6.09 Å². The van der Waals surface area contributed by atoms with Gasteiger partial charge in [0.1, 0.15) is 18.1 Å². The van der Waals surface area contributed by atoms with Crippen LogP contribution in [0.25, 0.3) is 0 Å². The number of ether oxygens (including phenoxy) is 4. The molecule has 0 saturated carbocycles. The number of rotatable bonds is 15. The molecule has 0 spiro atoms. The summed E-state index contributed by atoms with van der Waals surface area (Å²) in [6, 6.07) is 22.2. The Labute approximate surface area is 241 Å². The van der Waals surface area contributed by atoms with Gasteiger partial charge in [-0.2, -0.15) is 0 Å². The number of hydrogen-bond donors (Lipinski definition) is 2. The van der Waals surface area contributed by atoms with E-state index in [9.17, 15) is 9.18 Å². The van der Waals surface area contributed by atoms with Crippen LogP contribution < -0.4 is 19.5 Å². The van der Waals surface area contributed by atoms with E-state index in [2.05, 4.69) is 17.4 Å². The van der Waals surface area contributed by atoms with Crippen LogP contribution in [0, 0.1) is 5.82 Å². The fraction of sp³-hybridized carbons (Fsp3) is 0.406. The minimum atomic E-state index is -0.946. The Kier molecular flexibility index (Phi) is 11.6. The van der Waals surface area contributed by atoms with Crippen LogP contribution in [0.4, 0.5) is 9.18 Å². The maximum atomic E-state index is 13.6. The van der Waals surface area contributed by atoms with Crippen molar-refractivity contribution in [2.24, 2.45) is 0 Å². The van der Waals surface area contributed by atoms with Crippen LogP contribution in [0.15, 0.2) is 72.8 Å². The van der Waals surface area contributed by atoms with Gasteiger partial charge in [-0.05, 0) is 60.8 Å². The van der Waals surface area contributed by atoms with Crippen molar-refractivity contribution in [3.8, 4) is 17.2 Å². The maximum absolute atomic E-state index is 13.6. The van der Waals surface area contributed by atoms with Gasteiger partial charge in [-0.25, -0.2) is 9.18 Å². The van der Waals surface area contributed by atoms with E-state index < -0.39 is 6.09 Å². The van der Waals surface area contributed by atoms with E-state index in [1.165, 1.54) is 16.5 Å². The van der Waals surface area contributed by atoms with Crippen LogP contribution in [0.2, 0.25) is 0 Å². The monoisotopic (exact) mass is 566 g/mol. The third-order valence-corrected chi connectivity index (χ3v) is 7.07. The lowest BCUT2D eigenvalue weighted by molar-refractivity contribution is 0.00720. The fourth-order valence-electron chi connectivity index (χ4n) is 4.78. The third-order valence-electron chi connectivity index (χ3n) is 7.07. The van der Waals surface area contributed by atoms with E-state index in [-0.39, 0.29) is 23.6 Å². The van der Waals surface area contributed by atoms with Crippen LogP contribution in [0.1, 0.15) is 29.9 Å². The van der Waals surface area contributed by atoms with Gasteiger partial charge in [-0.1, -0.05) is 42.5 Å². The first kappa shape index (κ1) is 30.1. The molecule has 0 bridgehead atoms. The Bertz CT molecular complexity index is 1220. The summed E-state index contributed by atoms with van der Waals surface area (Å²) in [5.74, 6) is 1.70. The number of carboxylic acid groups (broad SMARTS) is 1. The molecule has 1 fully saturated rings. The van der Waals surface area contributed by atoms with Crippen LogP contribution in [-0.4, -0.2) is 75.3 Å². The molecule has 2 atom stereocenters. The van der Waals surface area contributed by atoms with Gasteiger partial charge < -0.3 is 34.3 Å². The number of benzene rings is 3. The molecule has 0 radical (unpaired) electrons. The van der Waals surface area contributed by atoms with Gasteiger partial charge in [0.25, 0.3) is 0 Å². The molecule has 0 aromatic heterocycles. The molecule has 41 heavy (non-hydrogen) atoms. The van der Waals surface area contributed by atoms with Crippen molar-refractivity contribution in [3.05, 3.63) is 89.7 Å². The van der Waals surface area contributed by atoms with Gasteiger partial charge in [0.05, 0.1) is 25.9 Å². The predicted octanol–water partition coefficient (Wildman–Crippen LogP) is 5.37. The Morgan fingerprint density at radius 2 is 1.63 bits per heavy atom. The van der Waals surface area contributed by atoms with Gasteiger partial charge in [0.15, 0.2) is 11.6 Å². The minimum absolute atomic E-state index is 0.0223. The van der Waals surface area contributed by atoms with E-state index in [1.807, 2.05) is 36.4 Å². The molecule has 220 valence electrons. The standard InChI is InChI=1S/C32H39FN2O6/c1-35(32(36)37)18-16-25-7-2-4-9-29(25)40-21-22-41-31-23-34-17-15-27(31)24-11-13-26(14-12-24)38-19-6-20-39-30-10-5-3-8-28(30)33/h2-5,7-14,27,31,34H,6,15-23H2,1H3,(H,36,37). The number of hydrogen-bond acceptors (Lipinski definition) is 6. The highest BCUT2D eigenvalue weighted by Gasteiger charge is 2.27. The average Bonchev–Trinajstić information content (AvgIpc) is 3.00. The SMILES string of the molecule is CN(CCc1ccccc1OCCOC1CNCCC1c1ccc(OCCCOc2ccccc2F)cc1)C(=O)O. The summed E-state index contributed by atoms with van der Waals surface area (Å²) < 4.78 is 37.2. The number of carbonyl (C=O) groups is 1. The highest BCUT2D eigenvalue weighted by molar-refractivity contribution is 5.64. The topological polar surface area (TPSA) is 89.5 Å². The first-order valence-electron chi connectivity index (χ1n) is 14.1. The molecule has 4 rings (SSSR count). The second-order valence-corrected chi connectivity index (χ2v) is 9.97. The molecule has 3 aromatic carbocycles. The van der Waals surface area contributed by atoms with Crippen molar-refractivity contribution in [2.75, 3.05) is 53.1 Å². The van der Waals surface area contributed by atoms with Crippen molar-refractivity contribution in [1.82, 2.24) is 10.2 Å². The smallest absolute Gasteiger partial charge is 0.407 e. The molecule has 9 heteroatoms. The van der Waals surface area contributed by atoms with Crippen molar-refractivity contribution < 1.29 is 33.2 Å². The summed E-state index contributed by atoms with van der Waals surface area (Å²) in [6.45, 7) is 3.80. The molecule has 1 aliphatic heterocycles. The number of piperidine rings is 1. The van der Waals surface area contributed by atoms with Crippen LogP contribution in [0.5, 0.6) is 17.2 Å². The van der Waals surface area contributed by atoms with Gasteiger partial charge in [0.2, 0.25) is 0 Å². The Hall–Kier alpha value is -3.82. The summed E-state index contributed by atoms with van der Waals surface area (Å²) in [7, 11) is 1.56. The number of halogens is 1. The minimum Gasteiger partial charge on any atom is -0.493 e. The summed E-state index contributed by atoms with van der Waals surface area (Å²) >= 11 is 0. The highest BCUT2D eigenvalue weighted by atomic mass is 19.1. The Balaban J connectivity index is 1.20. The summed E-state index contributed by atoms with van der Waals surface area (Å²) in [5, 5.41) is 12.5. The second-order valence-electron chi connectivity index (χ2n) is 9.97. The number of nitrogens with one attached hydrogen (secondary N) is 1. The normalized spacial score (nSPS) is 16.6.